The van der Waals surface area contributed by atoms with E-state index in [2.05, 4.69) is 27.1 Å². The Morgan fingerprint density at radius 1 is 1.30 bits per heavy atom. The molecule has 0 aliphatic rings. The average molecular weight is 466 g/mol. The molecule has 0 aliphatic carbocycles. The number of halogens is 2. The molecule has 0 saturated carbocycles. The van der Waals surface area contributed by atoms with Crippen LogP contribution < -0.4 is 10.6 Å². The highest BCUT2D eigenvalue weighted by molar-refractivity contribution is 14.0. The fourth-order valence-electron chi connectivity index (χ4n) is 1.94. The third-order valence-corrected chi connectivity index (χ3v) is 4.15. The number of benzene rings is 1. The summed E-state index contributed by atoms with van der Waals surface area (Å²) in [5.41, 5.74) is 1.89. The van der Waals surface area contributed by atoms with Crippen molar-refractivity contribution in [2.45, 2.75) is 19.6 Å². The summed E-state index contributed by atoms with van der Waals surface area (Å²) in [5, 5.41) is 21.2. The van der Waals surface area contributed by atoms with Gasteiger partial charge in [0.05, 0.1) is 12.6 Å². The van der Waals surface area contributed by atoms with Crippen molar-refractivity contribution in [3.8, 4) is 0 Å². The van der Waals surface area contributed by atoms with Crippen LogP contribution in [0.4, 0.5) is 0 Å². The monoisotopic (exact) mass is 465 g/mol. The van der Waals surface area contributed by atoms with Gasteiger partial charge in [-0.1, -0.05) is 29.8 Å². The molecule has 2 rings (SSSR count). The number of hydrogen-bond donors (Lipinski definition) is 3. The smallest absolute Gasteiger partial charge is 0.191 e. The number of aliphatic imine (C=N–C) groups is 1. The van der Waals surface area contributed by atoms with Crippen molar-refractivity contribution >= 4 is 52.9 Å². The molecule has 4 nitrogen and oxygen atoms in total. The van der Waals surface area contributed by atoms with Crippen LogP contribution in [0, 0.1) is 0 Å². The molecule has 0 fully saturated rings. The van der Waals surface area contributed by atoms with Gasteiger partial charge >= 0.3 is 0 Å². The van der Waals surface area contributed by atoms with Crippen molar-refractivity contribution in [1.82, 2.24) is 10.6 Å². The minimum atomic E-state index is -0.682. The van der Waals surface area contributed by atoms with Crippen LogP contribution >= 0.6 is 46.9 Å². The Labute approximate surface area is 163 Å². The number of aliphatic hydroxyl groups is 1. The van der Waals surface area contributed by atoms with Crippen molar-refractivity contribution in [2.24, 2.45) is 4.99 Å². The van der Waals surface area contributed by atoms with E-state index in [9.17, 15) is 5.11 Å². The van der Waals surface area contributed by atoms with Crippen LogP contribution in [0.25, 0.3) is 0 Å². The normalized spacial score (nSPS) is 12.4. The molecule has 7 heteroatoms. The third kappa shape index (κ3) is 6.66. The summed E-state index contributed by atoms with van der Waals surface area (Å²) in [7, 11) is 0. The lowest BCUT2D eigenvalue weighted by Crippen LogP contribution is -2.39. The Hall–Kier alpha value is -0.830. The minimum absolute atomic E-state index is 0. The van der Waals surface area contributed by atoms with Crippen LogP contribution in [0.2, 0.25) is 5.02 Å². The molecule has 0 bridgehead atoms. The van der Waals surface area contributed by atoms with Gasteiger partial charge in [-0.3, -0.25) is 0 Å². The van der Waals surface area contributed by atoms with Crippen LogP contribution in [-0.2, 0) is 6.54 Å². The highest BCUT2D eigenvalue weighted by Crippen LogP contribution is 2.21. The van der Waals surface area contributed by atoms with Crippen LogP contribution in [0.5, 0.6) is 0 Å². The molecule has 0 radical (unpaired) electrons. The van der Waals surface area contributed by atoms with Crippen molar-refractivity contribution in [1.29, 1.82) is 0 Å². The number of rotatable bonds is 6. The summed E-state index contributed by atoms with van der Waals surface area (Å²) >= 11 is 7.75. The molecular formula is C16H21ClIN3OS. The maximum Gasteiger partial charge on any atom is 0.191 e. The number of thiophene rings is 1. The van der Waals surface area contributed by atoms with E-state index in [-0.39, 0.29) is 24.0 Å². The fraction of sp³-hybridized carbons (Fsp3) is 0.312. The number of nitrogens with zero attached hydrogens (tertiary/aromatic N) is 1. The van der Waals surface area contributed by atoms with Gasteiger partial charge in [0.25, 0.3) is 0 Å². The van der Waals surface area contributed by atoms with Crippen LogP contribution in [-0.4, -0.2) is 24.2 Å². The third-order valence-electron chi connectivity index (χ3n) is 3.07. The van der Waals surface area contributed by atoms with Gasteiger partial charge in [0.1, 0.15) is 0 Å². The Morgan fingerprint density at radius 3 is 2.74 bits per heavy atom. The fourth-order valence-corrected chi connectivity index (χ4v) is 2.86. The predicted octanol–water partition coefficient (Wildman–Crippen LogP) is 3.81. The van der Waals surface area contributed by atoms with Gasteiger partial charge in [-0.2, -0.15) is 11.3 Å². The van der Waals surface area contributed by atoms with Crippen LogP contribution in [0.15, 0.2) is 46.1 Å². The van der Waals surface area contributed by atoms with Gasteiger partial charge in [-0.05, 0) is 35.4 Å². The molecule has 3 N–H and O–H groups in total. The second-order valence-corrected chi connectivity index (χ2v) is 5.93. The van der Waals surface area contributed by atoms with Crippen molar-refractivity contribution in [3.05, 3.63) is 57.2 Å². The van der Waals surface area contributed by atoms with E-state index in [4.69, 9.17) is 11.6 Å². The van der Waals surface area contributed by atoms with E-state index in [0.717, 1.165) is 6.54 Å². The number of nitrogens with one attached hydrogen (secondary N) is 2. The first kappa shape index (κ1) is 20.2. The Balaban J connectivity index is 0.00000264. The van der Waals surface area contributed by atoms with Gasteiger partial charge in [0.2, 0.25) is 0 Å². The topological polar surface area (TPSA) is 56.7 Å². The lowest BCUT2D eigenvalue weighted by Gasteiger charge is -2.16. The standard InChI is InChI=1S/C16H20ClN3OS.HI/c1-2-18-16(19-9-12-7-8-22-11-12)20-10-15(21)13-5-3-4-6-14(13)17;/h3-8,11,15,21H,2,9-10H2,1H3,(H2,18,19,20);1H. The first-order valence-corrected chi connectivity index (χ1v) is 8.48. The van der Waals surface area contributed by atoms with E-state index >= 15 is 0 Å². The zero-order valence-electron chi connectivity index (χ0n) is 12.8. The maximum atomic E-state index is 10.2. The summed E-state index contributed by atoms with van der Waals surface area (Å²) in [6, 6.07) is 9.36. The second-order valence-electron chi connectivity index (χ2n) is 4.74. The SMILES string of the molecule is CCNC(=NCc1ccsc1)NCC(O)c1ccccc1Cl.I. The summed E-state index contributed by atoms with van der Waals surface area (Å²) in [6.07, 6.45) is -0.682. The van der Waals surface area contributed by atoms with Gasteiger partial charge in [-0.15, -0.1) is 24.0 Å². The Kier molecular flexibility index (Phi) is 9.54. The molecule has 1 atom stereocenters. The lowest BCUT2D eigenvalue weighted by molar-refractivity contribution is 0.181. The van der Waals surface area contributed by atoms with E-state index < -0.39 is 6.10 Å². The summed E-state index contributed by atoms with van der Waals surface area (Å²) < 4.78 is 0. The van der Waals surface area contributed by atoms with Gasteiger partial charge in [-0.25, -0.2) is 4.99 Å². The van der Waals surface area contributed by atoms with Gasteiger partial charge in [0, 0.05) is 23.7 Å². The van der Waals surface area contributed by atoms with E-state index in [1.54, 1.807) is 17.4 Å². The van der Waals surface area contributed by atoms with Crippen molar-refractivity contribution in [2.75, 3.05) is 13.1 Å². The summed E-state index contributed by atoms with van der Waals surface area (Å²) in [6.45, 7) is 3.73. The molecule has 1 unspecified atom stereocenters. The zero-order chi connectivity index (χ0) is 15.8. The second kappa shape index (κ2) is 10.9. The molecule has 0 saturated heterocycles. The molecule has 126 valence electrons. The zero-order valence-corrected chi connectivity index (χ0v) is 16.7. The quantitative estimate of drug-likeness (QED) is 0.345. The van der Waals surface area contributed by atoms with Gasteiger partial charge < -0.3 is 15.7 Å². The first-order chi connectivity index (χ1) is 10.7. The predicted molar refractivity (Wildman–Crippen MR) is 109 cm³/mol. The summed E-state index contributed by atoms with van der Waals surface area (Å²) in [4.78, 5) is 4.50. The molecule has 1 aromatic heterocycles. The molecule has 1 heterocycles. The number of guanidine groups is 1. The number of hydrogen-bond acceptors (Lipinski definition) is 3. The number of aliphatic hydroxyl groups excluding tert-OH is 1. The highest BCUT2D eigenvalue weighted by atomic mass is 127. The van der Waals surface area contributed by atoms with E-state index in [1.807, 2.05) is 30.5 Å². The maximum absolute atomic E-state index is 10.2. The highest BCUT2D eigenvalue weighted by Gasteiger charge is 2.11. The molecule has 2 aromatic rings. The largest absolute Gasteiger partial charge is 0.387 e. The van der Waals surface area contributed by atoms with E-state index in [0.29, 0.717) is 29.6 Å². The van der Waals surface area contributed by atoms with E-state index in [1.165, 1.54) is 5.56 Å². The summed E-state index contributed by atoms with van der Waals surface area (Å²) in [5.74, 6) is 0.680. The minimum Gasteiger partial charge on any atom is -0.387 e. The molecule has 23 heavy (non-hydrogen) atoms. The molecular weight excluding hydrogens is 445 g/mol. The van der Waals surface area contributed by atoms with Crippen LogP contribution in [0.3, 0.4) is 0 Å². The van der Waals surface area contributed by atoms with Crippen molar-refractivity contribution in [3.63, 3.8) is 0 Å². The molecule has 0 aliphatic heterocycles. The van der Waals surface area contributed by atoms with Crippen molar-refractivity contribution < 1.29 is 5.11 Å². The molecule has 0 amide bonds. The Morgan fingerprint density at radius 2 is 2.09 bits per heavy atom. The molecule has 0 spiro atoms. The first-order valence-electron chi connectivity index (χ1n) is 7.16. The lowest BCUT2D eigenvalue weighted by atomic mass is 10.1. The average Bonchev–Trinajstić information content (AvgIpc) is 3.03. The van der Waals surface area contributed by atoms with Gasteiger partial charge in [0.15, 0.2) is 5.96 Å². The molecule has 1 aromatic carbocycles. The Bertz CT molecular complexity index is 607. The van der Waals surface area contributed by atoms with Crippen LogP contribution in [0.1, 0.15) is 24.2 Å².